The Morgan fingerprint density at radius 2 is 1.52 bits per heavy atom. The third kappa shape index (κ3) is 6.24. The Kier molecular flexibility index (Phi) is 7.21. The molecule has 0 radical (unpaired) electrons. The number of para-hydroxylation sites is 1. The van der Waals surface area contributed by atoms with E-state index in [1.165, 1.54) is 18.2 Å². The summed E-state index contributed by atoms with van der Waals surface area (Å²) in [5, 5.41) is 18.2. The Morgan fingerprint density at radius 3 is 2.13 bits per heavy atom. The number of halogens is 4. The van der Waals surface area contributed by atoms with Gasteiger partial charge in [0.25, 0.3) is 5.88 Å². The van der Waals surface area contributed by atoms with Crippen molar-refractivity contribution in [1.29, 1.82) is 0 Å². The van der Waals surface area contributed by atoms with Crippen LogP contribution in [0.2, 0.25) is 0 Å². The summed E-state index contributed by atoms with van der Waals surface area (Å²) >= 11 is 0. The van der Waals surface area contributed by atoms with Crippen LogP contribution in [0.1, 0.15) is 29.0 Å². The lowest BCUT2D eigenvalue weighted by Crippen LogP contribution is -2.25. The maximum Gasteiger partial charge on any atom is 0.397 e. The maximum atomic E-state index is 14.0. The van der Waals surface area contributed by atoms with Crippen LogP contribution in [-0.4, -0.2) is 28.0 Å². The van der Waals surface area contributed by atoms with Gasteiger partial charge >= 0.3 is 6.18 Å². The minimum atomic E-state index is -4.59. The van der Waals surface area contributed by atoms with Crippen LogP contribution in [0.5, 0.6) is 11.6 Å². The highest BCUT2D eigenvalue weighted by molar-refractivity contribution is 5.29. The molecule has 31 heavy (non-hydrogen) atoms. The zero-order chi connectivity index (χ0) is 22.4. The molecule has 0 aliphatic carbocycles. The summed E-state index contributed by atoms with van der Waals surface area (Å²) in [7, 11) is 0. The molecule has 1 aromatic heterocycles. The van der Waals surface area contributed by atoms with Crippen molar-refractivity contribution in [2.24, 2.45) is 0 Å². The van der Waals surface area contributed by atoms with E-state index < -0.39 is 30.8 Å². The van der Waals surface area contributed by atoms with Crippen molar-refractivity contribution in [1.82, 2.24) is 4.98 Å². The molecule has 3 aromatic rings. The normalized spacial score (nSPS) is 12.7. The Morgan fingerprint density at radius 1 is 0.871 bits per heavy atom. The summed E-state index contributed by atoms with van der Waals surface area (Å²) in [5.41, 5.74) is 0.191. The molecule has 3 rings (SSSR count). The number of hydrogen-bond acceptors (Lipinski definition) is 5. The number of hydrogen-bond donors (Lipinski definition) is 2. The predicted molar refractivity (Wildman–Crippen MR) is 103 cm³/mol. The molecule has 0 aliphatic rings. The van der Waals surface area contributed by atoms with Gasteiger partial charge in [0.2, 0.25) is 0 Å². The Hall–Kier alpha value is -3.01. The molecule has 0 spiro atoms. The molecule has 0 saturated carbocycles. The van der Waals surface area contributed by atoms with E-state index in [0.717, 1.165) is 18.2 Å². The predicted octanol–water partition coefficient (Wildman–Crippen LogP) is 4.86. The Balaban J connectivity index is 1.67. The largest absolute Gasteiger partial charge is 0.436 e. The average molecular weight is 437 g/mol. The van der Waals surface area contributed by atoms with Crippen LogP contribution in [0, 0.1) is 5.82 Å². The van der Waals surface area contributed by atoms with Gasteiger partial charge in [-0.05, 0) is 29.8 Å². The van der Waals surface area contributed by atoms with Crippen molar-refractivity contribution in [2.45, 2.75) is 25.0 Å². The lowest BCUT2D eigenvalue weighted by Gasteiger charge is -2.21. The van der Waals surface area contributed by atoms with Crippen LogP contribution < -0.4 is 4.74 Å². The Labute approximate surface area is 175 Å². The lowest BCUT2D eigenvalue weighted by atomic mass is 9.98. The van der Waals surface area contributed by atoms with Crippen LogP contribution >= 0.6 is 0 Å². The number of ether oxygens (including phenoxy) is 2. The van der Waals surface area contributed by atoms with Gasteiger partial charge in [0.15, 0.2) is 12.1 Å². The first kappa shape index (κ1) is 22.7. The SMILES string of the molecule is OC(O)c1ccc(C(COCc2ccc(F)c(Oc3ccccc3)n2)C(F)(F)F)cc1. The first-order valence-corrected chi connectivity index (χ1v) is 9.23. The topological polar surface area (TPSA) is 71.8 Å². The summed E-state index contributed by atoms with van der Waals surface area (Å²) in [6.45, 7) is -0.982. The number of pyridine rings is 1. The van der Waals surface area contributed by atoms with Crippen molar-refractivity contribution in [3.63, 3.8) is 0 Å². The number of aliphatic hydroxyl groups excluding tert-OH is 1. The van der Waals surface area contributed by atoms with E-state index >= 15 is 0 Å². The van der Waals surface area contributed by atoms with E-state index in [1.807, 2.05) is 0 Å². The molecule has 2 N–H and O–H groups in total. The summed E-state index contributed by atoms with van der Waals surface area (Å²) in [5.74, 6) is -2.59. The van der Waals surface area contributed by atoms with Gasteiger partial charge in [0.05, 0.1) is 18.9 Å². The third-order valence-electron chi connectivity index (χ3n) is 4.40. The van der Waals surface area contributed by atoms with Crippen molar-refractivity contribution in [3.05, 3.63) is 89.4 Å². The van der Waals surface area contributed by atoms with Gasteiger partial charge in [-0.15, -0.1) is 0 Å². The van der Waals surface area contributed by atoms with Crippen molar-refractivity contribution < 1.29 is 37.2 Å². The fourth-order valence-electron chi connectivity index (χ4n) is 2.78. The highest BCUT2D eigenvalue weighted by atomic mass is 19.4. The fourth-order valence-corrected chi connectivity index (χ4v) is 2.78. The second kappa shape index (κ2) is 9.86. The molecule has 5 nitrogen and oxygen atoms in total. The van der Waals surface area contributed by atoms with Crippen molar-refractivity contribution in [2.75, 3.05) is 6.61 Å². The third-order valence-corrected chi connectivity index (χ3v) is 4.40. The molecule has 0 aliphatic heterocycles. The van der Waals surface area contributed by atoms with E-state index in [1.54, 1.807) is 30.3 Å². The first-order valence-electron chi connectivity index (χ1n) is 9.23. The van der Waals surface area contributed by atoms with Crippen LogP contribution in [0.4, 0.5) is 17.6 Å². The highest BCUT2D eigenvalue weighted by Gasteiger charge is 2.40. The molecule has 0 saturated heterocycles. The van der Waals surface area contributed by atoms with Gasteiger partial charge in [-0.2, -0.15) is 13.2 Å². The number of aromatic nitrogens is 1. The highest BCUT2D eigenvalue weighted by Crippen LogP contribution is 2.35. The summed E-state index contributed by atoms with van der Waals surface area (Å²) in [6.07, 6.45) is -6.36. The fraction of sp³-hybridized carbons (Fsp3) is 0.227. The van der Waals surface area contributed by atoms with Crippen molar-refractivity contribution >= 4 is 0 Å². The average Bonchev–Trinajstić information content (AvgIpc) is 2.73. The molecule has 0 amide bonds. The summed E-state index contributed by atoms with van der Waals surface area (Å²) in [6, 6.07) is 15.5. The molecule has 1 atom stereocenters. The van der Waals surface area contributed by atoms with E-state index in [-0.39, 0.29) is 29.3 Å². The van der Waals surface area contributed by atoms with E-state index in [9.17, 15) is 17.6 Å². The zero-order valence-corrected chi connectivity index (χ0v) is 16.1. The smallest absolute Gasteiger partial charge is 0.397 e. The molecule has 164 valence electrons. The monoisotopic (exact) mass is 437 g/mol. The van der Waals surface area contributed by atoms with E-state index in [0.29, 0.717) is 5.75 Å². The van der Waals surface area contributed by atoms with Gasteiger partial charge in [-0.3, -0.25) is 0 Å². The number of alkyl halides is 3. The minimum absolute atomic E-state index is 0.0760. The summed E-state index contributed by atoms with van der Waals surface area (Å²) < 4.78 is 65.0. The van der Waals surface area contributed by atoms with Gasteiger partial charge < -0.3 is 19.7 Å². The van der Waals surface area contributed by atoms with Crippen molar-refractivity contribution in [3.8, 4) is 11.6 Å². The number of rotatable bonds is 8. The van der Waals surface area contributed by atoms with Gasteiger partial charge in [0, 0.05) is 5.56 Å². The molecule has 9 heteroatoms. The van der Waals surface area contributed by atoms with Crippen LogP contribution in [-0.2, 0) is 11.3 Å². The van der Waals surface area contributed by atoms with Gasteiger partial charge in [-0.25, -0.2) is 9.37 Å². The number of benzene rings is 2. The quantitative estimate of drug-likeness (QED) is 0.389. The first-order chi connectivity index (χ1) is 14.7. The molecule has 0 fully saturated rings. The molecular weight excluding hydrogens is 418 g/mol. The minimum Gasteiger partial charge on any atom is -0.436 e. The molecule has 1 unspecified atom stereocenters. The summed E-state index contributed by atoms with van der Waals surface area (Å²) in [4.78, 5) is 3.97. The lowest BCUT2D eigenvalue weighted by molar-refractivity contribution is -0.163. The van der Waals surface area contributed by atoms with E-state index in [2.05, 4.69) is 4.98 Å². The van der Waals surface area contributed by atoms with Crippen LogP contribution in [0.15, 0.2) is 66.7 Å². The molecular formula is C22H19F4NO4. The van der Waals surface area contributed by atoms with Crippen LogP contribution in [0.3, 0.4) is 0 Å². The van der Waals surface area contributed by atoms with Crippen LogP contribution in [0.25, 0.3) is 0 Å². The molecule has 2 aromatic carbocycles. The molecule has 1 heterocycles. The maximum absolute atomic E-state index is 14.0. The second-order valence-electron chi connectivity index (χ2n) is 6.65. The zero-order valence-electron chi connectivity index (χ0n) is 16.1. The second-order valence-corrected chi connectivity index (χ2v) is 6.65. The number of nitrogens with zero attached hydrogens (tertiary/aromatic N) is 1. The Bertz CT molecular complexity index is 979. The van der Waals surface area contributed by atoms with E-state index in [4.69, 9.17) is 19.7 Å². The standard InChI is InChI=1S/C22H19F4NO4/c23-19-11-10-16(27-20(19)31-17-4-2-1-3-5-17)12-30-13-18(22(24,25)26)14-6-8-15(9-7-14)21(28)29/h1-11,18,21,28-29H,12-13H2. The molecule has 0 bridgehead atoms. The number of aliphatic hydroxyl groups is 2. The van der Waals surface area contributed by atoms with Gasteiger partial charge in [-0.1, -0.05) is 42.5 Å². The van der Waals surface area contributed by atoms with Gasteiger partial charge in [0.1, 0.15) is 11.7 Å².